The Bertz CT molecular complexity index is 3450. The van der Waals surface area contributed by atoms with Gasteiger partial charge in [-0.2, -0.15) is 0 Å². The number of fused-ring (bicyclic) bond motifs is 9. The van der Waals surface area contributed by atoms with Crippen LogP contribution in [-0.2, 0) is 6.42 Å². The molecule has 0 amide bonds. The average molecular weight is 808 g/mol. The molecule has 1 aliphatic carbocycles. The van der Waals surface area contributed by atoms with E-state index < -0.39 is 0 Å². The summed E-state index contributed by atoms with van der Waals surface area (Å²) in [4.78, 5) is 0. The van der Waals surface area contributed by atoms with Gasteiger partial charge in [-0.05, 0) is 131 Å². The molecule has 4 heteroatoms. The van der Waals surface area contributed by atoms with Crippen molar-refractivity contribution in [3.8, 4) is 39.1 Å². The Morgan fingerprint density at radius 3 is 1.59 bits per heavy atom. The summed E-state index contributed by atoms with van der Waals surface area (Å²) in [5.74, 6) is 1.08. The molecule has 3 nitrogen and oxygen atoms in total. The van der Waals surface area contributed by atoms with E-state index in [1.54, 1.807) is 0 Å². The number of benzene rings is 8. The van der Waals surface area contributed by atoms with E-state index in [-0.39, 0.29) is 0 Å². The van der Waals surface area contributed by atoms with Gasteiger partial charge in [0.15, 0.2) is 0 Å². The topological polar surface area (TPSA) is 23.0 Å². The highest BCUT2D eigenvalue weighted by Crippen LogP contribution is 2.42. The first-order valence-electron chi connectivity index (χ1n) is 19.9. The molecule has 12 rings (SSSR count). The van der Waals surface area contributed by atoms with Crippen LogP contribution in [0.3, 0.4) is 0 Å². The van der Waals surface area contributed by atoms with Gasteiger partial charge in [0.2, 0.25) is 0 Å². The lowest BCUT2D eigenvalue weighted by atomic mass is 9.92. The van der Waals surface area contributed by atoms with E-state index in [0.717, 1.165) is 34.3 Å². The number of aromatic nitrogens is 2. The minimum absolute atomic E-state index is 0.881. The Morgan fingerprint density at radius 2 is 0.914 bits per heavy atom. The van der Waals surface area contributed by atoms with Crippen molar-refractivity contribution in [1.29, 1.82) is 0 Å². The van der Waals surface area contributed by atoms with Gasteiger partial charge in [0.1, 0.15) is 11.3 Å². The summed E-state index contributed by atoms with van der Waals surface area (Å²) < 4.78 is 12.2. The van der Waals surface area contributed by atoms with Crippen LogP contribution in [0.15, 0.2) is 191 Å². The summed E-state index contributed by atoms with van der Waals surface area (Å²) in [6.07, 6.45) is 4.15. The molecule has 8 aromatic carbocycles. The Morgan fingerprint density at radius 1 is 0.397 bits per heavy atom. The zero-order chi connectivity index (χ0) is 38.3. The lowest BCUT2D eigenvalue weighted by Gasteiger charge is -2.17. The average Bonchev–Trinajstić information content (AvgIpc) is 3.94. The smallest absolute Gasteiger partial charge is 0.134 e. The van der Waals surface area contributed by atoms with Crippen LogP contribution in [0, 0.1) is 0 Å². The van der Waals surface area contributed by atoms with E-state index in [1.807, 2.05) is 6.07 Å². The second kappa shape index (κ2) is 13.1. The lowest BCUT2D eigenvalue weighted by molar-refractivity contribution is 0.546. The number of hydrogen-bond acceptors (Lipinski definition) is 1. The number of allylic oxidation sites excluding steroid dienone is 1. The van der Waals surface area contributed by atoms with E-state index in [1.165, 1.54) is 93.6 Å². The molecule has 0 aliphatic heterocycles. The van der Waals surface area contributed by atoms with Gasteiger partial charge in [-0.15, -0.1) is 0 Å². The molecule has 0 fully saturated rings. The molecule has 0 saturated carbocycles. The third kappa shape index (κ3) is 5.25. The standard InChI is InChI=1S/C54H35BrN2O/c55-40-22-18-34(19-23-40)37-28-38(35-20-25-51-46(31-35)43-12-4-7-15-49(43)56(51)41-10-2-1-3-11-41)30-39(29-37)36-21-26-52-47(32-36)44-13-5-8-16-50(44)57(52)42-24-27-54-48(33-42)45-14-6-9-17-53(45)58-54/h1-23,25-26,28-33H,24,27H2. The highest BCUT2D eigenvalue weighted by molar-refractivity contribution is 9.10. The fourth-order valence-electron chi connectivity index (χ4n) is 9.36. The number of para-hydroxylation sites is 4. The van der Waals surface area contributed by atoms with Crippen LogP contribution in [0.2, 0.25) is 0 Å². The zero-order valence-electron chi connectivity index (χ0n) is 31.5. The maximum atomic E-state index is 6.29. The fourth-order valence-corrected chi connectivity index (χ4v) is 9.62. The molecule has 3 aromatic heterocycles. The van der Waals surface area contributed by atoms with Gasteiger partial charge in [-0.25, -0.2) is 0 Å². The van der Waals surface area contributed by atoms with Crippen LogP contribution in [-0.4, -0.2) is 9.13 Å². The fraction of sp³-hybridized carbons (Fsp3) is 0.0370. The molecular formula is C54H35BrN2O. The minimum Gasteiger partial charge on any atom is -0.460 e. The van der Waals surface area contributed by atoms with Crippen LogP contribution in [0.5, 0.6) is 0 Å². The summed E-state index contributed by atoms with van der Waals surface area (Å²) in [5.41, 5.74) is 16.6. The van der Waals surface area contributed by atoms with Crippen LogP contribution in [0.25, 0.3) is 105 Å². The van der Waals surface area contributed by atoms with Crippen molar-refractivity contribution < 1.29 is 4.42 Å². The first-order valence-corrected chi connectivity index (χ1v) is 20.7. The van der Waals surface area contributed by atoms with Crippen molar-refractivity contribution in [2.75, 3.05) is 0 Å². The van der Waals surface area contributed by atoms with Crippen molar-refractivity contribution >= 4 is 82.3 Å². The van der Waals surface area contributed by atoms with Crippen molar-refractivity contribution in [3.05, 3.63) is 198 Å². The van der Waals surface area contributed by atoms with Crippen LogP contribution in [0.1, 0.15) is 17.7 Å². The second-order valence-corrected chi connectivity index (χ2v) is 16.3. The van der Waals surface area contributed by atoms with E-state index in [4.69, 9.17) is 4.42 Å². The number of nitrogens with zero attached hydrogens (tertiary/aromatic N) is 2. The molecule has 11 aromatic rings. The Balaban J connectivity index is 1.04. The monoisotopic (exact) mass is 806 g/mol. The third-order valence-electron chi connectivity index (χ3n) is 12.1. The number of furan rings is 1. The van der Waals surface area contributed by atoms with Crippen molar-refractivity contribution in [3.63, 3.8) is 0 Å². The summed E-state index contributed by atoms with van der Waals surface area (Å²) in [7, 11) is 0. The van der Waals surface area contributed by atoms with Gasteiger partial charge in [0.25, 0.3) is 0 Å². The molecule has 0 N–H and O–H groups in total. The quantitative estimate of drug-likeness (QED) is 0.170. The number of halogens is 1. The molecule has 0 atom stereocenters. The summed E-state index contributed by atoms with van der Waals surface area (Å²) in [6, 6.07) is 66.4. The molecule has 58 heavy (non-hydrogen) atoms. The Labute approximate surface area is 343 Å². The van der Waals surface area contributed by atoms with Gasteiger partial charge in [0, 0.05) is 54.8 Å². The molecule has 0 saturated heterocycles. The first-order chi connectivity index (χ1) is 28.6. The molecule has 0 bridgehead atoms. The van der Waals surface area contributed by atoms with Crippen LogP contribution >= 0.6 is 15.9 Å². The van der Waals surface area contributed by atoms with Crippen molar-refractivity contribution in [2.45, 2.75) is 12.8 Å². The van der Waals surface area contributed by atoms with Crippen LogP contribution in [0.4, 0.5) is 0 Å². The second-order valence-electron chi connectivity index (χ2n) is 15.4. The number of rotatable bonds is 5. The lowest BCUT2D eigenvalue weighted by Crippen LogP contribution is -2.03. The molecular weight excluding hydrogens is 773 g/mol. The van der Waals surface area contributed by atoms with Crippen LogP contribution < -0.4 is 0 Å². The predicted octanol–water partition coefficient (Wildman–Crippen LogP) is 15.3. The summed E-state index contributed by atoms with van der Waals surface area (Å²) in [5, 5.41) is 6.18. The summed E-state index contributed by atoms with van der Waals surface area (Å²) in [6.45, 7) is 0. The molecule has 0 unspecified atom stereocenters. The molecule has 274 valence electrons. The highest BCUT2D eigenvalue weighted by atomic mass is 79.9. The molecule has 1 aliphatic rings. The van der Waals surface area contributed by atoms with Gasteiger partial charge in [-0.1, -0.05) is 113 Å². The van der Waals surface area contributed by atoms with E-state index >= 15 is 0 Å². The minimum atomic E-state index is 0.881. The van der Waals surface area contributed by atoms with Gasteiger partial charge in [0.05, 0.1) is 22.1 Å². The predicted molar refractivity (Wildman–Crippen MR) is 246 cm³/mol. The van der Waals surface area contributed by atoms with Crippen molar-refractivity contribution in [2.24, 2.45) is 0 Å². The summed E-state index contributed by atoms with van der Waals surface area (Å²) >= 11 is 3.66. The van der Waals surface area contributed by atoms with Crippen molar-refractivity contribution in [1.82, 2.24) is 9.13 Å². The van der Waals surface area contributed by atoms with E-state index in [0.29, 0.717) is 0 Å². The molecule has 0 radical (unpaired) electrons. The zero-order valence-corrected chi connectivity index (χ0v) is 33.1. The number of hydrogen-bond donors (Lipinski definition) is 0. The maximum Gasteiger partial charge on any atom is 0.134 e. The largest absolute Gasteiger partial charge is 0.460 e. The Hall–Kier alpha value is -6.88. The van der Waals surface area contributed by atoms with Gasteiger partial charge >= 0.3 is 0 Å². The molecule has 0 spiro atoms. The van der Waals surface area contributed by atoms with Gasteiger partial charge in [-0.3, -0.25) is 0 Å². The highest BCUT2D eigenvalue weighted by Gasteiger charge is 2.22. The van der Waals surface area contributed by atoms with E-state index in [9.17, 15) is 0 Å². The maximum absolute atomic E-state index is 6.29. The first kappa shape index (κ1) is 33.3. The Kier molecular flexibility index (Phi) is 7.51. The number of aryl methyl sites for hydroxylation is 1. The molecule has 3 heterocycles. The van der Waals surface area contributed by atoms with Gasteiger partial charge < -0.3 is 13.6 Å². The SMILES string of the molecule is Brc1ccc(-c2cc(-c3ccc4c(c3)c3ccccc3n4C3=Cc4c(oc5ccccc45)CC3)cc(-c3ccc4c(c3)c3ccccc3n4-c3ccccc3)c2)cc1. The third-order valence-corrected chi connectivity index (χ3v) is 12.6. The normalized spacial score (nSPS) is 12.9. The van der Waals surface area contributed by atoms with E-state index in [2.05, 4.69) is 207 Å².